The van der Waals surface area contributed by atoms with Crippen molar-refractivity contribution in [3.8, 4) is 6.07 Å². The quantitative estimate of drug-likeness (QED) is 0.723. The molecule has 0 aliphatic heterocycles. The second kappa shape index (κ2) is 6.38. The molecule has 0 heterocycles. The maximum Gasteiger partial charge on any atom is 0.264 e. The summed E-state index contributed by atoms with van der Waals surface area (Å²) >= 11 is 0. The van der Waals surface area contributed by atoms with Crippen LogP contribution in [-0.2, 0) is 27.1 Å². The fourth-order valence-corrected chi connectivity index (χ4v) is 1.77. The zero-order valence-corrected chi connectivity index (χ0v) is 10.5. The van der Waals surface area contributed by atoms with E-state index in [2.05, 4.69) is 10.3 Å². The molecule has 0 fully saturated rings. The lowest BCUT2D eigenvalue weighted by Gasteiger charge is -2.03. The van der Waals surface area contributed by atoms with Crippen LogP contribution in [0.3, 0.4) is 0 Å². The smallest absolute Gasteiger partial charge is 0.264 e. The van der Waals surface area contributed by atoms with Crippen molar-refractivity contribution in [2.24, 2.45) is 0 Å². The molecule has 0 saturated carbocycles. The third-order valence-corrected chi connectivity index (χ3v) is 2.83. The molecule has 0 amide bonds. The van der Waals surface area contributed by atoms with Crippen LogP contribution in [-0.4, -0.2) is 21.3 Å². The van der Waals surface area contributed by atoms with Gasteiger partial charge in [-0.3, -0.25) is 4.18 Å². The predicted molar refractivity (Wildman–Crippen MR) is 64.9 cm³/mol. The average molecular weight is 253 g/mol. The summed E-state index contributed by atoms with van der Waals surface area (Å²) < 4.78 is 26.1. The van der Waals surface area contributed by atoms with Gasteiger partial charge in [0.05, 0.1) is 18.9 Å². The molecule has 0 saturated heterocycles. The van der Waals surface area contributed by atoms with Crippen molar-refractivity contribution in [3.05, 3.63) is 35.4 Å². The first kappa shape index (κ1) is 13.7. The first-order valence-corrected chi connectivity index (χ1v) is 7.12. The monoisotopic (exact) mass is 253 g/mol. The van der Waals surface area contributed by atoms with E-state index in [4.69, 9.17) is 5.26 Å². The Kier molecular flexibility index (Phi) is 5.13. The Morgan fingerprint density at radius 3 is 2.18 bits per heavy atom. The Morgan fingerprint density at radius 2 is 1.71 bits per heavy atom. The maximum absolute atomic E-state index is 10.7. The average Bonchev–Trinajstić information content (AvgIpc) is 2.26. The van der Waals surface area contributed by atoms with E-state index >= 15 is 0 Å². The van der Waals surface area contributed by atoms with Gasteiger partial charge in [0.15, 0.2) is 0 Å². The highest BCUT2D eigenvalue weighted by Gasteiger charge is 2.01. The lowest BCUT2D eigenvalue weighted by Crippen LogP contribution is -2.06. The third kappa shape index (κ3) is 6.05. The minimum Gasteiger partial charge on any atom is -0.270 e. The fraction of sp³-hybridized carbons (Fsp3) is 0.417. The van der Waals surface area contributed by atoms with E-state index in [1.165, 1.54) is 0 Å². The Balaban J connectivity index is 2.43. The van der Waals surface area contributed by atoms with Gasteiger partial charge in [-0.2, -0.15) is 13.7 Å². The van der Waals surface area contributed by atoms with Crippen LogP contribution in [0.15, 0.2) is 24.3 Å². The number of aryl methyl sites for hydroxylation is 1. The lowest BCUT2D eigenvalue weighted by molar-refractivity contribution is 0.326. The van der Waals surface area contributed by atoms with Crippen molar-refractivity contribution in [2.45, 2.75) is 19.3 Å². The molecule has 17 heavy (non-hydrogen) atoms. The molecule has 1 aromatic carbocycles. The summed E-state index contributed by atoms with van der Waals surface area (Å²) in [7, 11) is -3.35. The molecule has 1 rings (SSSR count). The summed E-state index contributed by atoms with van der Waals surface area (Å²) in [6.07, 6.45) is 2.86. The minimum absolute atomic E-state index is 0.163. The highest BCUT2D eigenvalue weighted by molar-refractivity contribution is 7.85. The molecule has 0 aliphatic rings. The van der Waals surface area contributed by atoms with Crippen LogP contribution in [0.1, 0.15) is 17.5 Å². The van der Waals surface area contributed by atoms with Crippen molar-refractivity contribution >= 4 is 10.1 Å². The third-order valence-electron chi connectivity index (χ3n) is 2.24. The molecule has 0 N–H and O–H groups in total. The molecule has 4 nitrogen and oxygen atoms in total. The van der Waals surface area contributed by atoms with Gasteiger partial charge in [-0.25, -0.2) is 0 Å². The zero-order chi connectivity index (χ0) is 12.7. The summed E-state index contributed by atoms with van der Waals surface area (Å²) in [5.41, 5.74) is 2.13. The standard InChI is InChI=1S/C12H15NO3S/c1-17(14,15)16-10-8-12-6-4-11(5-7-12)3-2-9-13/h4-7H,2-3,8,10H2,1H3. The van der Waals surface area contributed by atoms with Crippen LogP contribution in [0.2, 0.25) is 0 Å². The van der Waals surface area contributed by atoms with Gasteiger partial charge in [0, 0.05) is 6.42 Å². The van der Waals surface area contributed by atoms with Gasteiger partial charge < -0.3 is 0 Å². The SMILES string of the molecule is CS(=O)(=O)OCCc1ccc(CCC#N)cc1. The number of rotatable bonds is 6. The molecule has 0 spiro atoms. The van der Waals surface area contributed by atoms with E-state index in [-0.39, 0.29) is 6.61 Å². The van der Waals surface area contributed by atoms with E-state index < -0.39 is 10.1 Å². The minimum atomic E-state index is -3.35. The van der Waals surface area contributed by atoms with Gasteiger partial charge in [0.1, 0.15) is 0 Å². The molecular formula is C12H15NO3S. The normalized spacial score (nSPS) is 11.1. The lowest BCUT2D eigenvalue weighted by atomic mass is 10.1. The molecule has 92 valence electrons. The van der Waals surface area contributed by atoms with E-state index in [0.717, 1.165) is 23.8 Å². The zero-order valence-electron chi connectivity index (χ0n) is 9.72. The second-order valence-electron chi connectivity index (χ2n) is 3.75. The highest BCUT2D eigenvalue weighted by Crippen LogP contribution is 2.07. The van der Waals surface area contributed by atoms with Crippen LogP contribution in [0.5, 0.6) is 0 Å². The summed E-state index contributed by atoms with van der Waals surface area (Å²) in [6.45, 7) is 0.163. The van der Waals surface area contributed by atoms with Crippen molar-refractivity contribution in [1.82, 2.24) is 0 Å². The van der Waals surface area contributed by atoms with Crippen molar-refractivity contribution in [3.63, 3.8) is 0 Å². The second-order valence-corrected chi connectivity index (χ2v) is 5.39. The summed E-state index contributed by atoms with van der Waals surface area (Å²) in [6, 6.07) is 9.86. The largest absolute Gasteiger partial charge is 0.270 e. The Hall–Kier alpha value is -1.38. The van der Waals surface area contributed by atoms with Gasteiger partial charge in [-0.1, -0.05) is 24.3 Å². The van der Waals surface area contributed by atoms with Crippen LogP contribution in [0, 0.1) is 11.3 Å². The molecule has 5 heteroatoms. The summed E-state index contributed by atoms with van der Waals surface area (Å²) in [5.74, 6) is 0. The number of hydrogen-bond donors (Lipinski definition) is 0. The van der Waals surface area contributed by atoms with Gasteiger partial charge in [0.25, 0.3) is 10.1 Å². The summed E-state index contributed by atoms with van der Waals surface area (Å²) in [4.78, 5) is 0. The Morgan fingerprint density at radius 1 is 1.18 bits per heavy atom. The Labute approximate surface area is 102 Å². The number of nitriles is 1. The molecule has 0 bridgehead atoms. The van der Waals surface area contributed by atoms with Gasteiger partial charge >= 0.3 is 0 Å². The predicted octanol–water partition coefficient (Wildman–Crippen LogP) is 1.66. The fourth-order valence-electron chi connectivity index (χ4n) is 1.38. The van der Waals surface area contributed by atoms with Gasteiger partial charge in [0.2, 0.25) is 0 Å². The first-order valence-electron chi connectivity index (χ1n) is 5.30. The number of hydrogen-bond acceptors (Lipinski definition) is 4. The number of nitrogens with zero attached hydrogens (tertiary/aromatic N) is 1. The molecular weight excluding hydrogens is 238 g/mol. The van der Waals surface area contributed by atoms with Crippen molar-refractivity contribution < 1.29 is 12.6 Å². The number of benzene rings is 1. The first-order chi connectivity index (χ1) is 8.01. The van der Waals surface area contributed by atoms with Crippen LogP contribution in [0.4, 0.5) is 0 Å². The molecule has 0 aromatic heterocycles. The van der Waals surface area contributed by atoms with E-state index in [1.54, 1.807) is 0 Å². The highest BCUT2D eigenvalue weighted by atomic mass is 32.2. The molecule has 0 unspecified atom stereocenters. The topological polar surface area (TPSA) is 67.2 Å². The van der Waals surface area contributed by atoms with Crippen molar-refractivity contribution in [1.29, 1.82) is 5.26 Å². The van der Waals surface area contributed by atoms with Gasteiger partial charge in [-0.15, -0.1) is 0 Å². The van der Waals surface area contributed by atoms with E-state index in [1.807, 2.05) is 24.3 Å². The van der Waals surface area contributed by atoms with E-state index in [0.29, 0.717) is 12.8 Å². The maximum atomic E-state index is 10.7. The van der Waals surface area contributed by atoms with Crippen molar-refractivity contribution in [2.75, 3.05) is 12.9 Å². The van der Waals surface area contributed by atoms with Crippen LogP contribution < -0.4 is 0 Å². The van der Waals surface area contributed by atoms with Crippen LogP contribution in [0.25, 0.3) is 0 Å². The van der Waals surface area contributed by atoms with E-state index in [9.17, 15) is 8.42 Å². The molecule has 1 aromatic rings. The Bertz CT molecular complexity index is 485. The molecule has 0 radical (unpaired) electrons. The molecule has 0 aliphatic carbocycles. The van der Waals surface area contributed by atoms with Gasteiger partial charge in [-0.05, 0) is 24.0 Å². The van der Waals surface area contributed by atoms with Crippen LogP contribution >= 0.6 is 0 Å². The summed E-state index contributed by atoms with van der Waals surface area (Å²) in [5, 5.41) is 8.45. The molecule has 0 atom stereocenters.